The number of fused-ring (bicyclic) bond motifs is 1. The first-order chi connectivity index (χ1) is 13.9. The summed E-state index contributed by atoms with van der Waals surface area (Å²) in [7, 11) is 0. The second-order valence-corrected chi connectivity index (χ2v) is 7.72. The Balaban J connectivity index is 1.64. The number of benzene rings is 1. The van der Waals surface area contributed by atoms with Gasteiger partial charge in [0.2, 0.25) is 5.91 Å². The molecule has 0 spiro atoms. The molecule has 0 atom stereocenters. The number of hydrogen-bond donors (Lipinski definition) is 3. The minimum atomic E-state index is -0.434. The van der Waals surface area contributed by atoms with E-state index >= 15 is 0 Å². The van der Waals surface area contributed by atoms with E-state index in [1.54, 1.807) is 12.1 Å². The maximum atomic E-state index is 12.3. The molecule has 3 aromatic rings. The molecular formula is C20H22N4O4S. The SMILES string of the molecule is CCCOc1ccc(/C=N/NC(=O)Cc2nc3sc(C)c(C)c3c(=O)[nH]2)c(O)c1. The lowest BCUT2D eigenvalue weighted by atomic mass is 10.2. The first kappa shape index (κ1) is 20.5. The van der Waals surface area contributed by atoms with Crippen molar-refractivity contribution >= 4 is 33.7 Å². The summed E-state index contributed by atoms with van der Waals surface area (Å²) in [4.78, 5) is 33.0. The molecule has 0 aliphatic carbocycles. The number of aromatic amines is 1. The van der Waals surface area contributed by atoms with Gasteiger partial charge in [0.15, 0.2) is 0 Å². The number of rotatable bonds is 7. The number of carbonyl (C=O) groups excluding carboxylic acids is 1. The number of nitrogens with one attached hydrogen (secondary N) is 2. The van der Waals surface area contributed by atoms with Crippen LogP contribution in [0.5, 0.6) is 11.5 Å². The van der Waals surface area contributed by atoms with Crippen molar-refractivity contribution in [3.8, 4) is 11.5 Å². The van der Waals surface area contributed by atoms with Gasteiger partial charge in [0.1, 0.15) is 22.2 Å². The van der Waals surface area contributed by atoms with E-state index in [0.29, 0.717) is 28.1 Å². The number of aromatic hydroxyl groups is 1. The number of thiophene rings is 1. The fourth-order valence-corrected chi connectivity index (χ4v) is 3.74. The van der Waals surface area contributed by atoms with E-state index in [1.165, 1.54) is 23.6 Å². The zero-order valence-electron chi connectivity index (χ0n) is 16.4. The summed E-state index contributed by atoms with van der Waals surface area (Å²) in [5, 5.41) is 14.4. The van der Waals surface area contributed by atoms with Crippen LogP contribution in [-0.2, 0) is 11.2 Å². The fourth-order valence-electron chi connectivity index (χ4n) is 2.69. The van der Waals surface area contributed by atoms with Gasteiger partial charge in [-0.2, -0.15) is 5.10 Å². The number of carbonyl (C=O) groups is 1. The molecule has 0 saturated heterocycles. The highest BCUT2D eigenvalue weighted by atomic mass is 32.1. The van der Waals surface area contributed by atoms with Crippen molar-refractivity contribution in [2.45, 2.75) is 33.6 Å². The molecule has 1 aromatic carbocycles. The van der Waals surface area contributed by atoms with Gasteiger partial charge in [0.05, 0.1) is 24.6 Å². The van der Waals surface area contributed by atoms with Crippen LogP contribution in [0, 0.1) is 13.8 Å². The lowest BCUT2D eigenvalue weighted by molar-refractivity contribution is -0.120. The minimum Gasteiger partial charge on any atom is -0.507 e. The number of H-pyrrole nitrogens is 1. The maximum absolute atomic E-state index is 12.3. The van der Waals surface area contributed by atoms with Gasteiger partial charge < -0.3 is 14.8 Å². The molecule has 0 saturated carbocycles. The summed E-state index contributed by atoms with van der Waals surface area (Å²) in [6, 6.07) is 4.85. The molecule has 0 bridgehead atoms. The molecule has 3 rings (SSSR count). The Hall–Kier alpha value is -3.20. The van der Waals surface area contributed by atoms with Crippen molar-refractivity contribution in [3.63, 3.8) is 0 Å². The van der Waals surface area contributed by atoms with Crippen molar-refractivity contribution in [1.82, 2.24) is 15.4 Å². The van der Waals surface area contributed by atoms with Crippen LogP contribution in [0.25, 0.3) is 10.2 Å². The number of nitrogens with zero attached hydrogens (tertiary/aromatic N) is 2. The highest BCUT2D eigenvalue weighted by molar-refractivity contribution is 7.18. The second kappa shape index (κ2) is 8.87. The molecule has 152 valence electrons. The van der Waals surface area contributed by atoms with Crippen LogP contribution < -0.4 is 15.7 Å². The van der Waals surface area contributed by atoms with Gasteiger partial charge in [-0.05, 0) is 38.0 Å². The second-order valence-electron chi connectivity index (χ2n) is 6.52. The summed E-state index contributed by atoms with van der Waals surface area (Å²) in [6.45, 7) is 6.37. The molecule has 0 radical (unpaired) electrons. The van der Waals surface area contributed by atoms with E-state index in [0.717, 1.165) is 16.9 Å². The van der Waals surface area contributed by atoms with Crippen LogP contribution in [0.1, 0.15) is 35.2 Å². The van der Waals surface area contributed by atoms with Crippen LogP contribution in [-0.4, -0.2) is 33.8 Å². The van der Waals surface area contributed by atoms with Gasteiger partial charge in [-0.15, -0.1) is 11.3 Å². The molecule has 0 aliphatic heterocycles. The van der Waals surface area contributed by atoms with E-state index in [2.05, 4.69) is 20.5 Å². The Morgan fingerprint density at radius 2 is 2.21 bits per heavy atom. The summed E-state index contributed by atoms with van der Waals surface area (Å²) in [6.07, 6.45) is 2.09. The number of hydrogen-bond acceptors (Lipinski definition) is 7. The van der Waals surface area contributed by atoms with Crippen molar-refractivity contribution in [2.24, 2.45) is 5.10 Å². The number of amides is 1. The number of phenolic OH excluding ortho intramolecular Hbond substituents is 1. The highest BCUT2D eigenvalue weighted by Gasteiger charge is 2.13. The van der Waals surface area contributed by atoms with Gasteiger partial charge in [0.25, 0.3) is 5.56 Å². The molecule has 3 N–H and O–H groups in total. The monoisotopic (exact) mass is 414 g/mol. The quantitative estimate of drug-likeness (QED) is 0.406. The number of hydrazone groups is 1. The topological polar surface area (TPSA) is 117 Å². The van der Waals surface area contributed by atoms with Crippen LogP contribution in [0.3, 0.4) is 0 Å². The predicted molar refractivity (Wildman–Crippen MR) is 113 cm³/mol. The summed E-state index contributed by atoms with van der Waals surface area (Å²) < 4.78 is 5.44. The standard InChI is InChI=1S/C20H22N4O4S/c1-4-7-28-14-6-5-13(15(25)8-14)10-21-24-17(26)9-16-22-19(27)18-11(2)12(3)29-20(18)23-16/h5-6,8,10,25H,4,7,9H2,1-3H3,(H,24,26)(H,22,23,27)/b21-10+. The van der Waals surface area contributed by atoms with Crippen molar-refractivity contribution < 1.29 is 14.6 Å². The molecule has 9 heteroatoms. The van der Waals surface area contributed by atoms with E-state index in [4.69, 9.17) is 4.74 Å². The third-order valence-corrected chi connectivity index (χ3v) is 5.38. The smallest absolute Gasteiger partial charge is 0.259 e. The third kappa shape index (κ3) is 4.80. The van der Waals surface area contributed by atoms with E-state index in [1.807, 2.05) is 20.8 Å². The molecule has 8 nitrogen and oxygen atoms in total. The number of ether oxygens (including phenoxy) is 1. The first-order valence-electron chi connectivity index (χ1n) is 9.15. The predicted octanol–water partition coefficient (Wildman–Crippen LogP) is 2.79. The molecule has 2 heterocycles. The van der Waals surface area contributed by atoms with E-state index in [-0.39, 0.29) is 23.6 Å². The molecule has 0 unspecified atom stereocenters. The van der Waals surface area contributed by atoms with Crippen LogP contribution in [0.15, 0.2) is 28.1 Å². The van der Waals surface area contributed by atoms with Gasteiger partial charge in [-0.3, -0.25) is 9.59 Å². The molecule has 0 fully saturated rings. The van der Waals surface area contributed by atoms with Crippen LogP contribution in [0.4, 0.5) is 0 Å². The summed E-state index contributed by atoms with van der Waals surface area (Å²) in [5.74, 6) is 0.402. The molecule has 2 aromatic heterocycles. The van der Waals surface area contributed by atoms with Crippen molar-refractivity contribution in [1.29, 1.82) is 0 Å². The molecule has 29 heavy (non-hydrogen) atoms. The van der Waals surface area contributed by atoms with E-state index < -0.39 is 5.91 Å². The van der Waals surface area contributed by atoms with Crippen molar-refractivity contribution in [3.05, 3.63) is 50.4 Å². The first-order valence-corrected chi connectivity index (χ1v) is 9.97. The highest BCUT2D eigenvalue weighted by Crippen LogP contribution is 2.25. The summed E-state index contributed by atoms with van der Waals surface area (Å²) >= 11 is 1.43. The lowest BCUT2D eigenvalue weighted by Crippen LogP contribution is -2.23. The molecule has 0 aliphatic rings. The van der Waals surface area contributed by atoms with Crippen molar-refractivity contribution in [2.75, 3.05) is 6.61 Å². The Labute approximate surface area is 171 Å². The fraction of sp³-hybridized carbons (Fsp3) is 0.300. The molecular weight excluding hydrogens is 392 g/mol. The Kier molecular flexibility index (Phi) is 6.28. The normalized spacial score (nSPS) is 11.3. The average Bonchev–Trinajstić information content (AvgIpc) is 2.95. The Morgan fingerprint density at radius 1 is 1.41 bits per heavy atom. The number of aryl methyl sites for hydroxylation is 2. The largest absolute Gasteiger partial charge is 0.507 e. The lowest BCUT2D eigenvalue weighted by Gasteiger charge is -2.06. The van der Waals surface area contributed by atoms with Gasteiger partial charge >= 0.3 is 0 Å². The van der Waals surface area contributed by atoms with E-state index in [9.17, 15) is 14.7 Å². The van der Waals surface area contributed by atoms with Crippen LogP contribution in [0.2, 0.25) is 0 Å². The zero-order valence-corrected chi connectivity index (χ0v) is 17.2. The average molecular weight is 414 g/mol. The third-order valence-electron chi connectivity index (χ3n) is 4.28. The van der Waals surface area contributed by atoms with Gasteiger partial charge in [0, 0.05) is 16.5 Å². The summed E-state index contributed by atoms with van der Waals surface area (Å²) in [5.41, 5.74) is 3.46. The Bertz CT molecular complexity index is 1130. The van der Waals surface area contributed by atoms with Gasteiger partial charge in [-0.25, -0.2) is 10.4 Å². The Morgan fingerprint density at radius 3 is 2.93 bits per heavy atom. The number of phenols is 1. The molecule has 1 amide bonds. The van der Waals surface area contributed by atoms with Gasteiger partial charge in [-0.1, -0.05) is 6.92 Å². The zero-order chi connectivity index (χ0) is 21.0. The number of aromatic nitrogens is 2. The maximum Gasteiger partial charge on any atom is 0.259 e. The minimum absolute atomic E-state index is 0.00325. The van der Waals surface area contributed by atoms with Crippen LogP contribution >= 0.6 is 11.3 Å².